The summed E-state index contributed by atoms with van der Waals surface area (Å²) in [7, 11) is -2.94. The van der Waals surface area contributed by atoms with Crippen molar-refractivity contribution >= 4 is 39.8 Å². The Labute approximate surface area is 193 Å². The van der Waals surface area contributed by atoms with E-state index < -0.39 is 9.84 Å². The highest BCUT2D eigenvalue weighted by molar-refractivity contribution is 14.0. The Balaban J connectivity index is 0.00000420. The first-order valence-corrected chi connectivity index (χ1v) is 12.4. The summed E-state index contributed by atoms with van der Waals surface area (Å²) in [5.74, 6) is 0.906. The summed E-state index contributed by atoms with van der Waals surface area (Å²) >= 11 is 0. The van der Waals surface area contributed by atoms with Gasteiger partial charge in [0, 0.05) is 32.0 Å². The number of sulfone groups is 1. The van der Waals surface area contributed by atoms with E-state index in [1.165, 1.54) is 23.8 Å². The summed E-state index contributed by atoms with van der Waals surface area (Å²) in [6, 6.07) is 8.62. The van der Waals surface area contributed by atoms with Crippen molar-refractivity contribution in [1.29, 1.82) is 0 Å². The Bertz CT molecular complexity index is 740. The van der Waals surface area contributed by atoms with Crippen LogP contribution in [-0.2, 0) is 21.0 Å². The molecular weight excluding hydrogens is 501 g/mol. The van der Waals surface area contributed by atoms with Crippen molar-refractivity contribution in [2.75, 3.05) is 31.7 Å². The zero-order valence-electron chi connectivity index (χ0n) is 17.8. The van der Waals surface area contributed by atoms with Gasteiger partial charge in [0.1, 0.15) is 9.84 Å². The minimum atomic E-state index is -2.94. The molecule has 8 heteroatoms. The molecule has 1 aliphatic rings. The number of guanidine groups is 1. The number of fused-ring (bicyclic) bond motifs is 1. The predicted molar refractivity (Wildman–Crippen MR) is 131 cm³/mol. The molecule has 0 saturated carbocycles. The zero-order chi connectivity index (χ0) is 20.4. The second-order valence-electron chi connectivity index (χ2n) is 7.53. The number of rotatable bonds is 10. The maximum absolute atomic E-state index is 11.3. The lowest BCUT2D eigenvalue weighted by atomic mass is 9.89. The molecule has 0 aromatic heterocycles. The molecule has 1 aliphatic carbocycles. The van der Waals surface area contributed by atoms with Crippen molar-refractivity contribution in [3.8, 4) is 0 Å². The van der Waals surface area contributed by atoms with Crippen LogP contribution >= 0.6 is 24.0 Å². The molecule has 2 rings (SSSR count). The van der Waals surface area contributed by atoms with E-state index in [2.05, 4.69) is 39.9 Å². The first-order chi connectivity index (χ1) is 13.4. The maximum Gasteiger partial charge on any atom is 0.191 e. The van der Waals surface area contributed by atoms with E-state index in [0.29, 0.717) is 19.6 Å². The van der Waals surface area contributed by atoms with Crippen molar-refractivity contribution < 1.29 is 13.2 Å². The van der Waals surface area contributed by atoms with Gasteiger partial charge in [0.2, 0.25) is 0 Å². The number of nitrogens with zero attached hydrogens (tertiary/aromatic N) is 1. The zero-order valence-corrected chi connectivity index (χ0v) is 21.0. The lowest BCUT2D eigenvalue weighted by Crippen LogP contribution is -2.43. The molecule has 2 unspecified atom stereocenters. The van der Waals surface area contributed by atoms with Crippen LogP contribution in [0.1, 0.15) is 56.8 Å². The highest BCUT2D eigenvalue weighted by Crippen LogP contribution is 2.32. The fourth-order valence-corrected chi connectivity index (χ4v) is 4.16. The molecule has 0 spiro atoms. The van der Waals surface area contributed by atoms with Crippen LogP contribution in [0.25, 0.3) is 0 Å². The number of hydrogen-bond donors (Lipinski definition) is 2. The second kappa shape index (κ2) is 13.4. The van der Waals surface area contributed by atoms with Gasteiger partial charge >= 0.3 is 0 Å². The molecule has 1 aromatic carbocycles. The summed E-state index contributed by atoms with van der Waals surface area (Å²) in [4.78, 5) is 4.59. The van der Waals surface area contributed by atoms with Gasteiger partial charge in [-0.3, -0.25) is 4.99 Å². The fourth-order valence-electron chi connectivity index (χ4n) is 3.38. The molecule has 2 N–H and O–H groups in total. The number of aliphatic imine (C=N–C) groups is 1. The van der Waals surface area contributed by atoms with Gasteiger partial charge in [0.25, 0.3) is 0 Å². The molecule has 0 amide bonds. The second-order valence-corrected chi connectivity index (χ2v) is 9.79. The van der Waals surface area contributed by atoms with Gasteiger partial charge < -0.3 is 15.4 Å². The van der Waals surface area contributed by atoms with Crippen LogP contribution in [0.3, 0.4) is 0 Å². The number of hydrogen-bond acceptors (Lipinski definition) is 4. The largest absolute Gasteiger partial charge is 0.373 e. The molecular formula is C21H36IN3O3S. The van der Waals surface area contributed by atoms with Crippen molar-refractivity contribution in [1.82, 2.24) is 10.6 Å². The highest BCUT2D eigenvalue weighted by Gasteiger charge is 2.19. The number of nitrogens with one attached hydrogen (secondary N) is 2. The highest BCUT2D eigenvalue weighted by atomic mass is 127. The first kappa shape index (κ1) is 26.2. The van der Waals surface area contributed by atoms with Gasteiger partial charge in [-0.1, -0.05) is 24.3 Å². The monoisotopic (exact) mass is 537 g/mol. The van der Waals surface area contributed by atoms with E-state index in [1.54, 1.807) is 0 Å². The van der Waals surface area contributed by atoms with Crippen molar-refractivity contribution in [2.45, 2.75) is 58.1 Å². The van der Waals surface area contributed by atoms with Crippen LogP contribution in [0, 0.1) is 0 Å². The number of halogens is 1. The van der Waals surface area contributed by atoms with E-state index in [1.807, 2.05) is 13.8 Å². The molecule has 0 aliphatic heterocycles. The SMILES string of the molecule is CCNC(=NCCCOC1CCCc2ccccc21)NC(C)CCS(C)(=O)=O.I. The van der Waals surface area contributed by atoms with Crippen molar-refractivity contribution in [3.63, 3.8) is 0 Å². The Kier molecular flexibility index (Phi) is 12.1. The van der Waals surface area contributed by atoms with E-state index in [-0.39, 0.29) is 41.9 Å². The summed E-state index contributed by atoms with van der Waals surface area (Å²) < 4.78 is 28.8. The van der Waals surface area contributed by atoms with Crippen molar-refractivity contribution in [3.05, 3.63) is 35.4 Å². The Morgan fingerprint density at radius 2 is 2.10 bits per heavy atom. The smallest absolute Gasteiger partial charge is 0.191 e. The van der Waals surface area contributed by atoms with Gasteiger partial charge in [-0.2, -0.15) is 0 Å². The van der Waals surface area contributed by atoms with Crippen LogP contribution in [-0.4, -0.2) is 52.1 Å². The molecule has 0 saturated heterocycles. The average molecular weight is 538 g/mol. The quantitative estimate of drug-likeness (QED) is 0.207. The third kappa shape index (κ3) is 10.1. The average Bonchev–Trinajstić information content (AvgIpc) is 2.66. The van der Waals surface area contributed by atoms with Crippen LogP contribution < -0.4 is 10.6 Å². The fraction of sp³-hybridized carbons (Fsp3) is 0.667. The van der Waals surface area contributed by atoms with Gasteiger partial charge in [0.15, 0.2) is 5.96 Å². The number of aryl methyl sites for hydroxylation is 1. The normalized spacial score (nSPS) is 17.8. The molecule has 0 bridgehead atoms. The Morgan fingerprint density at radius 1 is 1.34 bits per heavy atom. The van der Waals surface area contributed by atoms with Crippen LogP contribution in [0.5, 0.6) is 0 Å². The van der Waals surface area contributed by atoms with Gasteiger partial charge in [-0.15, -0.1) is 24.0 Å². The Hall–Kier alpha value is -0.870. The molecule has 0 heterocycles. The molecule has 1 aromatic rings. The minimum Gasteiger partial charge on any atom is -0.373 e. The van der Waals surface area contributed by atoms with Crippen LogP contribution in [0.4, 0.5) is 0 Å². The third-order valence-corrected chi connectivity index (χ3v) is 5.83. The number of benzene rings is 1. The Morgan fingerprint density at radius 3 is 2.83 bits per heavy atom. The predicted octanol–water partition coefficient (Wildman–Crippen LogP) is 3.47. The standard InChI is InChI=1S/C21H35N3O3S.HI/c1-4-22-21(24-17(2)13-16-28(3,25)26)23-14-8-15-27-20-12-7-10-18-9-5-6-11-19(18)20;/h5-6,9,11,17,20H,4,7-8,10,12-16H2,1-3H3,(H2,22,23,24);1H. The molecule has 2 atom stereocenters. The van der Waals surface area contributed by atoms with E-state index in [0.717, 1.165) is 31.8 Å². The summed E-state index contributed by atoms with van der Waals surface area (Å²) in [5, 5.41) is 6.49. The lowest BCUT2D eigenvalue weighted by molar-refractivity contribution is 0.0403. The summed E-state index contributed by atoms with van der Waals surface area (Å²) in [6.07, 6.45) is 6.30. The molecule has 166 valence electrons. The first-order valence-electron chi connectivity index (χ1n) is 10.3. The number of ether oxygens (including phenoxy) is 1. The van der Waals surface area contributed by atoms with E-state index in [4.69, 9.17) is 4.74 Å². The van der Waals surface area contributed by atoms with Crippen molar-refractivity contribution in [2.24, 2.45) is 4.99 Å². The van der Waals surface area contributed by atoms with E-state index in [9.17, 15) is 8.42 Å². The molecule has 0 fully saturated rings. The van der Waals surface area contributed by atoms with Crippen LogP contribution in [0.15, 0.2) is 29.3 Å². The van der Waals surface area contributed by atoms with Gasteiger partial charge in [-0.05, 0) is 57.1 Å². The van der Waals surface area contributed by atoms with Gasteiger partial charge in [-0.25, -0.2) is 8.42 Å². The topological polar surface area (TPSA) is 79.8 Å². The lowest BCUT2D eigenvalue weighted by Gasteiger charge is -2.25. The summed E-state index contributed by atoms with van der Waals surface area (Å²) in [6.45, 7) is 6.11. The van der Waals surface area contributed by atoms with Crippen LogP contribution in [0.2, 0.25) is 0 Å². The third-order valence-electron chi connectivity index (χ3n) is 4.85. The molecule has 0 radical (unpaired) electrons. The van der Waals surface area contributed by atoms with Gasteiger partial charge in [0.05, 0.1) is 11.9 Å². The minimum absolute atomic E-state index is 0. The summed E-state index contributed by atoms with van der Waals surface area (Å²) in [5.41, 5.74) is 2.76. The molecule has 29 heavy (non-hydrogen) atoms. The van der Waals surface area contributed by atoms with E-state index >= 15 is 0 Å². The molecule has 6 nitrogen and oxygen atoms in total. The maximum atomic E-state index is 11.3.